The van der Waals surface area contributed by atoms with Crippen molar-refractivity contribution in [1.29, 1.82) is 0 Å². The zero-order valence-corrected chi connectivity index (χ0v) is 12.7. The summed E-state index contributed by atoms with van der Waals surface area (Å²) in [7, 11) is 0. The molecule has 0 unspecified atom stereocenters. The highest BCUT2D eigenvalue weighted by Gasteiger charge is 2.33. The van der Waals surface area contributed by atoms with Gasteiger partial charge in [0, 0.05) is 24.3 Å². The first kappa shape index (κ1) is 15.7. The Labute approximate surface area is 135 Å². The van der Waals surface area contributed by atoms with Crippen molar-refractivity contribution in [2.24, 2.45) is 0 Å². The van der Waals surface area contributed by atoms with Crippen molar-refractivity contribution >= 4 is 28.8 Å². The second kappa shape index (κ2) is 5.80. The predicted molar refractivity (Wildman–Crippen MR) is 79.8 cm³/mol. The van der Waals surface area contributed by atoms with E-state index < -0.39 is 29.8 Å². The minimum atomic E-state index is -0.910. The second-order valence-electron chi connectivity index (χ2n) is 5.40. The van der Waals surface area contributed by atoms with Gasteiger partial charge in [-0.1, -0.05) is 0 Å². The molecule has 0 saturated carbocycles. The van der Waals surface area contributed by atoms with Gasteiger partial charge in [0.15, 0.2) is 0 Å². The van der Waals surface area contributed by atoms with Crippen molar-refractivity contribution in [3.05, 3.63) is 39.7 Å². The van der Waals surface area contributed by atoms with Crippen LogP contribution in [0, 0.1) is 6.92 Å². The Hall–Kier alpha value is -3.16. The van der Waals surface area contributed by atoms with Crippen LogP contribution in [-0.4, -0.2) is 28.0 Å². The monoisotopic (exact) mass is 331 g/mol. The maximum Gasteiger partial charge on any atom is 0.340 e. The van der Waals surface area contributed by atoms with Crippen molar-refractivity contribution in [1.82, 2.24) is 5.06 Å². The Bertz CT molecular complexity index is 912. The number of carbonyl (C=O) groups is 3. The summed E-state index contributed by atoms with van der Waals surface area (Å²) in [6.07, 6.45) is -0.457. The van der Waals surface area contributed by atoms with Crippen LogP contribution in [0.2, 0.25) is 0 Å². The number of benzene rings is 1. The van der Waals surface area contributed by atoms with E-state index in [1.54, 1.807) is 13.0 Å². The zero-order valence-electron chi connectivity index (χ0n) is 12.7. The lowest BCUT2D eigenvalue weighted by atomic mass is 10.0. The van der Waals surface area contributed by atoms with Gasteiger partial charge in [-0.2, -0.15) is 0 Å². The Morgan fingerprint density at radius 3 is 2.58 bits per heavy atom. The fraction of sp³-hybridized carbons (Fsp3) is 0.250. The molecule has 1 saturated heterocycles. The van der Waals surface area contributed by atoms with E-state index >= 15 is 0 Å². The molecule has 1 aliphatic rings. The average Bonchev–Trinajstić information content (AvgIpc) is 2.83. The van der Waals surface area contributed by atoms with Gasteiger partial charge in [-0.25, -0.2) is 9.59 Å². The van der Waals surface area contributed by atoms with Crippen LogP contribution in [0.15, 0.2) is 27.4 Å². The van der Waals surface area contributed by atoms with Gasteiger partial charge in [-0.15, -0.1) is 5.06 Å². The fourth-order valence-corrected chi connectivity index (χ4v) is 2.52. The lowest BCUT2D eigenvalue weighted by molar-refractivity contribution is -0.197. The molecule has 0 bridgehead atoms. The highest BCUT2D eigenvalue weighted by Crippen LogP contribution is 2.23. The number of rotatable bonds is 3. The molecule has 24 heavy (non-hydrogen) atoms. The third kappa shape index (κ3) is 2.73. The van der Waals surface area contributed by atoms with Crippen LogP contribution in [0.4, 0.5) is 0 Å². The first-order chi connectivity index (χ1) is 11.4. The number of phenolic OH excluding ortho intramolecular Hbond substituents is 1. The summed E-state index contributed by atoms with van der Waals surface area (Å²) in [5.41, 5.74) is 0.00991. The number of hydroxylamine groups is 2. The maximum absolute atomic E-state index is 12.1. The van der Waals surface area contributed by atoms with Gasteiger partial charge < -0.3 is 14.4 Å². The van der Waals surface area contributed by atoms with E-state index in [0.29, 0.717) is 16.0 Å². The van der Waals surface area contributed by atoms with Crippen LogP contribution in [0.5, 0.6) is 5.75 Å². The molecule has 3 rings (SSSR count). The van der Waals surface area contributed by atoms with Gasteiger partial charge in [0.25, 0.3) is 11.8 Å². The maximum atomic E-state index is 12.1. The van der Waals surface area contributed by atoms with Crippen molar-refractivity contribution in [3.8, 4) is 5.75 Å². The van der Waals surface area contributed by atoms with Gasteiger partial charge in [0.05, 0.1) is 12.0 Å². The van der Waals surface area contributed by atoms with Crippen LogP contribution in [0.25, 0.3) is 11.0 Å². The number of aryl methyl sites for hydroxylation is 1. The second-order valence-corrected chi connectivity index (χ2v) is 5.40. The SMILES string of the molecule is Cc1c(CC(=O)ON2C(=O)CCC2=O)c(=O)oc2cc(O)ccc12. The summed E-state index contributed by atoms with van der Waals surface area (Å²) in [5.74, 6) is -2.15. The highest BCUT2D eigenvalue weighted by molar-refractivity contribution is 6.01. The minimum Gasteiger partial charge on any atom is -0.508 e. The van der Waals surface area contributed by atoms with Crippen molar-refractivity contribution < 1.29 is 28.7 Å². The van der Waals surface area contributed by atoms with Crippen molar-refractivity contribution in [3.63, 3.8) is 0 Å². The van der Waals surface area contributed by atoms with E-state index in [-0.39, 0.29) is 29.7 Å². The molecule has 2 heterocycles. The Morgan fingerprint density at radius 2 is 1.92 bits per heavy atom. The standard InChI is InChI=1S/C16H13NO7/c1-8-10-3-2-9(18)6-12(10)23-16(22)11(8)7-15(21)24-17-13(19)4-5-14(17)20/h2-3,6,18H,4-5,7H2,1H3. The van der Waals surface area contributed by atoms with E-state index in [4.69, 9.17) is 9.25 Å². The molecule has 2 aromatic rings. The lowest BCUT2D eigenvalue weighted by Crippen LogP contribution is -2.33. The lowest BCUT2D eigenvalue weighted by Gasteiger charge is -2.13. The third-order valence-electron chi connectivity index (χ3n) is 3.79. The molecule has 8 nitrogen and oxygen atoms in total. The molecule has 0 spiro atoms. The number of hydrogen-bond donors (Lipinski definition) is 1. The number of phenols is 1. The van der Waals surface area contributed by atoms with E-state index in [1.165, 1.54) is 12.1 Å². The van der Waals surface area contributed by atoms with Crippen molar-refractivity contribution in [2.45, 2.75) is 26.2 Å². The highest BCUT2D eigenvalue weighted by atomic mass is 16.7. The van der Waals surface area contributed by atoms with Gasteiger partial charge >= 0.3 is 11.6 Å². The van der Waals surface area contributed by atoms with Gasteiger partial charge in [0.1, 0.15) is 11.3 Å². The molecular formula is C16H13NO7. The van der Waals surface area contributed by atoms with Crippen LogP contribution in [-0.2, 0) is 25.6 Å². The number of fused-ring (bicyclic) bond motifs is 1. The van der Waals surface area contributed by atoms with E-state index in [2.05, 4.69) is 0 Å². The number of aromatic hydroxyl groups is 1. The van der Waals surface area contributed by atoms with Gasteiger partial charge in [-0.05, 0) is 24.6 Å². The smallest absolute Gasteiger partial charge is 0.340 e. The van der Waals surface area contributed by atoms with Crippen LogP contribution in [0.3, 0.4) is 0 Å². The first-order valence-electron chi connectivity index (χ1n) is 7.18. The summed E-state index contributed by atoms with van der Waals surface area (Å²) in [5, 5.41) is 10.4. The molecule has 8 heteroatoms. The van der Waals surface area contributed by atoms with E-state index in [1.807, 2.05) is 0 Å². The molecule has 0 atom stereocenters. The first-order valence-corrected chi connectivity index (χ1v) is 7.18. The predicted octanol–water partition coefficient (Wildman–Crippen LogP) is 0.957. The van der Waals surface area contributed by atoms with E-state index in [0.717, 1.165) is 0 Å². The number of carbonyl (C=O) groups excluding carboxylic acids is 3. The summed E-state index contributed by atoms with van der Waals surface area (Å²) >= 11 is 0. The molecule has 0 aliphatic carbocycles. The molecule has 2 amide bonds. The van der Waals surface area contributed by atoms with E-state index in [9.17, 15) is 24.3 Å². The average molecular weight is 331 g/mol. The number of nitrogens with zero attached hydrogens (tertiary/aromatic N) is 1. The van der Waals surface area contributed by atoms with Gasteiger partial charge in [-0.3, -0.25) is 9.59 Å². The molecule has 1 fully saturated rings. The van der Waals surface area contributed by atoms with Gasteiger partial charge in [0.2, 0.25) is 0 Å². The molecule has 1 aromatic heterocycles. The Balaban J connectivity index is 1.88. The van der Waals surface area contributed by atoms with Crippen molar-refractivity contribution in [2.75, 3.05) is 0 Å². The molecule has 1 aromatic carbocycles. The summed E-state index contributed by atoms with van der Waals surface area (Å²) < 4.78 is 5.10. The van der Waals surface area contributed by atoms with Crippen LogP contribution >= 0.6 is 0 Å². The zero-order chi connectivity index (χ0) is 17.4. The fourth-order valence-electron chi connectivity index (χ4n) is 2.52. The van der Waals surface area contributed by atoms with Crippen LogP contribution in [0.1, 0.15) is 24.0 Å². The molecule has 124 valence electrons. The molecule has 1 aliphatic heterocycles. The minimum absolute atomic E-state index is 0.00719. The summed E-state index contributed by atoms with van der Waals surface area (Å²) in [6.45, 7) is 1.63. The third-order valence-corrected chi connectivity index (χ3v) is 3.79. The topological polar surface area (TPSA) is 114 Å². The Kier molecular flexibility index (Phi) is 3.80. The quantitative estimate of drug-likeness (QED) is 0.658. The normalized spacial score (nSPS) is 14.5. The molecular weight excluding hydrogens is 318 g/mol. The largest absolute Gasteiger partial charge is 0.508 e. The summed E-state index contributed by atoms with van der Waals surface area (Å²) in [6, 6.07) is 4.29. The number of imide groups is 1. The molecule has 1 N–H and O–H groups in total. The summed E-state index contributed by atoms with van der Waals surface area (Å²) in [4.78, 5) is 51.7. The Morgan fingerprint density at radius 1 is 1.25 bits per heavy atom. The number of hydrogen-bond acceptors (Lipinski definition) is 7. The number of amides is 2. The van der Waals surface area contributed by atoms with Crippen LogP contribution < -0.4 is 5.63 Å². The molecule has 0 radical (unpaired) electrons.